The van der Waals surface area contributed by atoms with Crippen LogP contribution in [0.15, 0.2) is 255 Å². The second kappa shape index (κ2) is 16.9. The largest absolute Gasteiger partial charge is 0.111 e. The Morgan fingerprint density at radius 2 is 0.447 bits per heavy atom. The quantitative estimate of drug-likeness (QED) is 0.151. The molecule has 0 saturated heterocycles. The first-order valence-electron chi connectivity index (χ1n) is 26.5. The molecule has 354 valence electrons. The van der Waals surface area contributed by atoms with Crippen LogP contribution in [0.2, 0.25) is 0 Å². The number of hydrogen-bond acceptors (Lipinski definition) is 0. The Morgan fingerprint density at radius 3 is 0.829 bits per heavy atom. The monoisotopic (exact) mass is 998 g/mol. The lowest BCUT2D eigenvalue weighted by molar-refractivity contribution is 1.67. The predicted octanol–water partition coefficient (Wildman–Crippen LogP) is 22.6. The SMILES string of the molecule is Cp1c2ccccc2c2cccc(-c3cccc4c(-c5c6cccc(-c7cccc8ccccc78)c6cc6c(-c7cccc8ccccc78)cccc56)c5cccc(-c6cccc7c8ccccc8p(C)c67)c5cc34)c21. The molecule has 2 atom stereocenters. The lowest BCUT2D eigenvalue weighted by atomic mass is 9.81. The molecule has 0 N–H and O–H groups in total. The topological polar surface area (TPSA) is 0 Å². The maximum absolute atomic E-state index is 2.58. The van der Waals surface area contributed by atoms with Crippen LogP contribution in [0.4, 0.5) is 0 Å². The van der Waals surface area contributed by atoms with Gasteiger partial charge in [0.25, 0.3) is 0 Å². The van der Waals surface area contributed by atoms with Crippen molar-refractivity contribution in [2.24, 2.45) is 13.3 Å². The van der Waals surface area contributed by atoms with Crippen molar-refractivity contribution in [1.82, 2.24) is 0 Å². The van der Waals surface area contributed by atoms with Gasteiger partial charge >= 0.3 is 0 Å². The van der Waals surface area contributed by atoms with Crippen molar-refractivity contribution in [2.75, 3.05) is 0 Å². The maximum atomic E-state index is 2.58. The second-order valence-corrected chi connectivity index (χ2v) is 24.8. The van der Waals surface area contributed by atoms with E-state index in [2.05, 4.69) is 268 Å². The molecule has 0 fully saturated rings. The van der Waals surface area contributed by atoms with Crippen LogP contribution in [-0.2, 0) is 13.3 Å². The minimum atomic E-state index is -0.579. The summed E-state index contributed by atoms with van der Waals surface area (Å²) in [6.07, 6.45) is 0. The smallest absolute Gasteiger partial charge is 0.00996 e. The molecule has 0 aliphatic carbocycles. The van der Waals surface area contributed by atoms with E-state index < -0.39 is 15.1 Å². The summed E-state index contributed by atoms with van der Waals surface area (Å²) in [4.78, 5) is 0. The highest BCUT2D eigenvalue weighted by atomic mass is 31.1. The summed E-state index contributed by atoms with van der Waals surface area (Å²) >= 11 is 0. The van der Waals surface area contributed by atoms with E-state index in [1.165, 1.54) is 162 Å². The lowest BCUT2D eigenvalue weighted by Crippen LogP contribution is -1.95. The first-order chi connectivity index (χ1) is 37.6. The Bertz CT molecular complexity index is 4820. The zero-order chi connectivity index (χ0) is 50.2. The van der Waals surface area contributed by atoms with Gasteiger partial charge in [0, 0.05) is 20.5 Å². The summed E-state index contributed by atoms with van der Waals surface area (Å²) in [5, 5.41) is 26.5. The molecule has 0 aliphatic rings. The van der Waals surface area contributed by atoms with E-state index in [1.54, 1.807) is 0 Å². The number of aryl methyl sites for hydroxylation is 2. The number of hydrogen-bond donors (Lipinski definition) is 0. The molecule has 0 spiro atoms. The molecule has 76 heavy (non-hydrogen) atoms. The zero-order valence-electron chi connectivity index (χ0n) is 42.1. The lowest BCUT2D eigenvalue weighted by Gasteiger charge is -2.22. The Kier molecular flexibility index (Phi) is 9.69. The van der Waals surface area contributed by atoms with Crippen LogP contribution >= 0.6 is 15.1 Å². The summed E-state index contributed by atoms with van der Waals surface area (Å²) < 4.78 is 0. The molecule has 14 aromatic carbocycles. The Balaban J connectivity index is 1.11. The van der Waals surface area contributed by atoms with Crippen molar-refractivity contribution < 1.29 is 0 Å². The molecule has 0 bridgehead atoms. The Labute approximate surface area is 442 Å². The van der Waals surface area contributed by atoms with Gasteiger partial charge in [-0.3, -0.25) is 0 Å². The van der Waals surface area contributed by atoms with Gasteiger partial charge in [-0.2, -0.15) is 0 Å². The molecule has 2 aromatic heterocycles. The van der Waals surface area contributed by atoms with Gasteiger partial charge in [0.15, 0.2) is 0 Å². The van der Waals surface area contributed by atoms with E-state index in [4.69, 9.17) is 0 Å². The van der Waals surface area contributed by atoms with Crippen LogP contribution in [0.5, 0.6) is 0 Å². The van der Waals surface area contributed by atoms with Gasteiger partial charge in [-0.25, -0.2) is 0 Å². The van der Waals surface area contributed by atoms with Gasteiger partial charge in [-0.05, 0) is 167 Å². The van der Waals surface area contributed by atoms with Crippen molar-refractivity contribution in [3.05, 3.63) is 255 Å². The van der Waals surface area contributed by atoms with E-state index in [1.807, 2.05) is 0 Å². The third-order valence-electron chi connectivity index (χ3n) is 16.9. The second-order valence-electron chi connectivity index (χ2n) is 20.7. The summed E-state index contributed by atoms with van der Waals surface area (Å²) in [5.41, 5.74) is 12.8. The fourth-order valence-electron chi connectivity index (χ4n) is 13.6. The van der Waals surface area contributed by atoms with E-state index in [-0.39, 0.29) is 0 Å². The molecule has 0 amide bonds. The number of fused-ring (bicyclic) bond motifs is 12. The summed E-state index contributed by atoms with van der Waals surface area (Å²) in [6.45, 7) is 4.93. The summed E-state index contributed by atoms with van der Waals surface area (Å²) in [5.74, 6) is 0. The van der Waals surface area contributed by atoms with Crippen LogP contribution < -0.4 is 0 Å². The summed E-state index contributed by atoms with van der Waals surface area (Å²) in [6, 6.07) is 97.1. The van der Waals surface area contributed by atoms with Crippen molar-refractivity contribution in [2.45, 2.75) is 0 Å². The molecule has 0 radical (unpaired) electrons. The van der Waals surface area contributed by atoms with Gasteiger partial charge in [0.2, 0.25) is 0 Å². The fraction of sp³-hybridized carbons (Fsp3) is 0.0270. The highest BCUT2D eigenvalue weighted by Crippen LogP contribution is 2.56. The summed E-state index contributed by atoms with van der Waals surface area (Å²) in [7, 11) is -1.16. The van der Waals surface area contributed by atoms with Gasteiger partial charge in [-0.1, -0.05) is 243 Å². The third-order valence-corrected chi connectivity index (χ3v) is 21.5. The van der Waals surface area contributed by atoms with Gasteiger partial charge in [0.05, 0.1) is 0 Å². The average molecular weight is 999 g/mol. The van der Waals surface area contributed by atoms with E-state index in [9.17, 15) is 0 Å². The van der Waals surface area contributed by atoms with Crippen LogP contribution in [0.25, 0.3) is 162 Å². The van der Waals surface area contributed by atoms with Crippen molar-refractivity contribution in [3.8, 4) is 55.6 Å². The highest BCUT2D eigenvalue weighted by Gasteiger charge is 2.25. The van der Waals surface area contributed by atoms with Crippen LogP contribution in [0.1, 0.15) is 0 Å². The number of benzene rings is 14. The molecule has 16 rings (SSSR count). The van der Waals surface area contributed by atoms with Crippen molar-refractivity contribution in [3.63, 3.8) is 0 Å². The average Bonchev–Trinajstić information content (AvgIpc) is 4.05. The minimum Gasteiger partial charge on any atom is -0.111 e. The van der Waals surface area contributed by atoms with Gasteiger partial charge < -0.3 is 0 Å². The third kappa shape index (κ3) is 6.27. The fourth-order valence-corrected chi connectivity index (χ4v) is 18.1. The van der Waals surface area contributed by atoms with E-state index in [0.29, 0.717) is 0 Å². The zero-order valence-corrected chi connectivity index (χ0v) is 43.9. The highest BCUT2D eigenvalue weighted by molar-refractivity contribution is 7.60. The van der Waals surface area contributed by atoms with Gasteiger partial charge in [0.1, 0.15) is 0 Å². The predicted molar refractivity (Wildman–Crippen MR) is 336 cm³/mol. The Morgan fingerprint density at radius 1 is 0.197 bits per heavy atom. The standard InChI is InChI=1S/C74H48P2/c1-75-69-41-9-7-25-55(69)63-39-17-37-61(73(63)75)53-31-15-35-59-67(53)44-68-54(62-38-18-40-64-56-26-8-10-42-70(56)76(2)74(62)64)32-16-36-60(68)72(59)71-57-33-13-29-51(49-27-11-21-45-19-3-5-23-47(45)49)65(57)43-66-52(30-14-34-58(66)71)50-28-12-22-46-20-4-6-24-48(46)50/h3-44H,1-2H3. The van der Waals surface area contributed by atoms with Crippen LogP contribution in [0.3, 0.4) is 0 Å². The molecular weight excluding hydrogens is 951 g/mol. The van der Waals surface area contributed by atoms with Crippen molar-refractivity contribution in [1.29, 1.82) is 0 Å². The van der Waals surface area contributed by atoms with Gasteiger partial charge in [-0.15, -0.1) is 15.1 Å². The molecule has 0 aliphatic heterocycles. The minimum absolute atomic E-state index is 0.579. The molecule has 2 heteroatoms. The molecule has 0 saturated carbocycles. The first-order valence-corrected chi connectivity index (χ1v) is 30.0. The molecule has 2 unspecified atom stereocenters. The number of rotatable bonds is 5. The van der Waals surface area contributed by atoms with E-state index >= 15 is 0 Å². The van der Waals surface area contributed by atoms with Crippen molar-refractivity contribution >= 4 is 122 Å². The molecule has 0 nitrogen and oxygen atoms in total. The maximum Gasteiger partial charge on any atom is 0.00996 e. The molecule has 16 aromatic rings. The Hall–Kier alpha value is -8.76. The first kappa shape index (κ1) is 43.6. The van der Waals surface area contributed by atoms with Crippen LogP contribution in [-0.4, -0.2) is 0 Å². The normalized spacial score (nSPS) is 12.6. The molecule has 2 heterocycles. The molecular formula is C74H48P2. The van der Waals surface area contributed by atoms with Crippen LogP contribution in [0, 0.1) is 0 Å². The van der Waals surface area contributed by atoms with E-state index in [0.717, 1.165) is 0 Å².